The number of carbonyl (C=O) groups is 2. The van der Waals surface area contributed by atoms with Crippen molar-refractivity contribution in [3.05, 3.63) is 0 Å². The number of nitrogens with zero attached hydrogens (tertiary/aromatic N) is 1. The topological polar surface area (TPSA) is 84.7 Å². The molecule has 0 saturated carbocycles. The number of amides is 2. The highest BCUT2D eigenvalue weighted by Crippen LogP contribution is 2.22. The summed E-state index contributed by atoms with van der Waals surface area (Å²) < 4.78 is 5.35. The maximum absolute atomic E-state index is 12.7. The maximum atomic E-state index is 12.7. The number of ether oxygens (including phenoxy) is 1. The Bertz CT molecular complexity index is 430. The molecule has 0 aromatic carbocycles. The van der Waals surface area contributed by atoms with Gasteiger partial charge in [0.25, 0.3) is 0 Å². The maximum Gasteiger partial charge on any atom is 0.239 e. The van der Waals surface area contributed by atoms with Crippen molar-refractivity contribution in [3.8, 4) is 0 Å². The van der Waals surface area contributed by atoms with E-state index in [-0.39, 0.29) is 42.1 Å². The van der Waals surface area contributed by atoms with Gasteiger partial charge in [0.05, 0.1) is 12.0 Å². The summed E-state index contributed by atoms with van der Waals surface area (Å²) in [6.07, 6.45) is 5.44. The molecule has 2 amide bonds. The van der Waals surface area contributed by atoms with E-state index >= 15 is 0 Å². The van der Waals surface area contributed by atoms with Gasteiger partial charge in [0.1, 0.15) is 0 Å². The lowest BCUT2D eigenvalue weighted by Gasteiger charge is -2.36. The van der Waals surface area contributed by atoms with Crippen molar-refractivity contribution < 1.29 is 14.3 Å². The fraction of sp³-hybridized carbons (Fsp3) is 0.889. The molecule has 3 unspecified atom stereocenters. The number of halogens is 1. The lowest BCUT2D eigenvalue weighted by atomic mass is 9.90. The van der Waals surface area contributed by atoms with Crippen LogP contribution in [0.15, 0.2) is 0 Å². The smallest absolute Gasteiger partial charge is 0.239 e. The molecule has 6 nitrogen and oxygen atoms in total. The highest BCUT2D eigenvalue weighted by Gasteiger charge is 2.34. The van der Waals surface area contributed by atoms with E-state index in [1.165, 1.54) is 0 Å². The first-order valence-electron chi connectivity index (χ1n) is 9.45. The number of piperidine rings is 1. The van der Waals surface area contributed by atoms with Gasteiger partial charge in [-0.2, -0.15) is 0 Å². The summed E-state index contributed by atoms with van der Waals surface area (Å²) in [6, 6.07) is -0.271. The average Bonchev–Trinajstić information content (AvgIpc) is 2.61. The standard InChI is InChI=1S/C18H33N3O3.ClH/c1-3-5-13(2)20-17(22)15-6-4-9-21(12-15)18(23)16(19)14-7-10-24-11-8-14;/h13-16H,3-12,19H2,1-2H3,(H,20,22);1H. The van der Waals surface area contributed by atoms with Crippen LogP contribution in [-0.2, 0) is 14.3 Å². The molecular formula is C18H34ClN3O3. The van der Waals surface area contributed by atoms with E-state index in [1.807, 2.05) is 6.92 Å². The molecule has 2 rings (SSSR count). The molecule has 2 heterocycles. The SMILES string of the molecule is CCCC(C)NC(=O)C1CCCN(C(=O)C(N)C2CCOCC2)C1.Cl. The Kier molecular flexibility index (Phi) is 9.75. The Hall–Kier alpha value is -0.850. The highest BCUT2D eigenvalue weighted by atomic mass is 35.5. The van der Waals surface area contributed by atoms with Crippen molar-refractivity contribution in [2.45, 2.75) is 64.5 Å². The fourth-order valence-electron chi connectivity index (χ4n) is 3.74. The zero-order chi connectivity index (χ0) is 17.5. The lowest BCUT2D eigenvalue weighted by Crippen LogP contribution is -2.53. The van der Waals surface area contributed by atoms with Gasteiger partial charge < -0.3 is 20.7 Å². The van der Waals surface area contributed by atoms with Gasteiger partial charge in [-0.25, -0.2) is 0 Å². The Morgan fingerprint density at radius 2 is 1.96 bits per heavy atom. The van der Waals surface area contributed by atoms with Crippen LogP contribution >= 0.6 is 12.4 Å². The van der Waals surface area contributed by atoms with E-state index in [0.717, 1.165) is 38.5 Å². The van der Waals surface area contributed by atoms with Crippen molar-refractivity contribution in [1.82, 2.24) is 10.2 Å². The molecule has 0 radical (unpaired) electrons. The van der Waals surface area contributed by atoms with Crippen molar-refractivity contribution >= 4 is 24.2 Å². The second kappa shape index (κ2) is 11.0. The predicted molar refractivity (Wildman–Crippen MR) is 101 cm³/mol. The number of carbonyl (C=O) groups excluding carboxylic acids is 2. The van der Waals surface area contributed by atoms with Crippen LogP contribution in [0.5, 0.6) is 0 Å². The van der Waals surface area contributed by atoms with Crippen molar-refractivity contribution in [3.63, 3.8) is 0 Å². The van der Waals surface area contributed by atoms with Gasteiger partial charge in [0.2, 0.25) is 11.8 Å². The van der Waals surface area contributed by atoms with Crippen LogP contribution in [0.1, 0.15) is 52.4 Å². The molecule has 0 spiro atoms. The lowest BCUT2D eigenvalue weighted by molar-refractivity contribution is -0.138. The fourth-order valence-corrected chi connectivity index (χ4v) is 3.74. The van der Waals surface area contributed by atoms with Crippen LogP contribution in [0, 0.1) is 11.8 Å². The van der Waals surface area contributed by atoms with Gasteiger partial charge in [0, 0.05) is 32.3 Å². The van der Waals surface area contributed by atoms with Crippen LogP contribution in [0.4, 0.5) is 0 Å². The first kappa shape index (κ1) is 22.2. The molecule has 2 saturated heterocycles. The molecule has 0 aromatic heterocycles. The number of nitrogens with two attached hydrogens (primary N) is 1. The van der Waals surface area contributed by atoms with Gasteiger partial charge in [0.15, 0.2) is 0 Å². The van der Waals surface area contributed by atoms with E-state index in [2.05, 4.69) is 12.2 Å². The highest BCUT2D eigenvalue weighted by molar-refractivity contribution is 5.85. The van der Waals surface area contributed by atoms with E-state index in [4.69, 9.17) is 10.5 Å². The van der Waals surface area contributed by atoms with E-state index < -0.39 is 6.04 Å². The predicted octanol–water partition coefficient (Wildman–Crippen LogP) is 1.71. The third-order valence-electron chi connectivity index (χ3n) is 5.27. The summed E-state index contributed by atoms with van der Waals surface area (Å²) in [5.41, 5.74) is 6.22. The van der Waals surface area contributed by atoms with Gasteiger partial charge >= 0.3 is 0 Å². The van der Waals surface area contributed by atoms with Gasteiger partial charge in [-0.05, 0) is 44.9 Å². The Labute approximate surface area is 157 Å². The Balaban J connectivity index is 0.00000312. The summed E-state index contributed by atoms with van der Waals surface area (Å²) >= 11 is 0. The number of likely N-dealkylation sites (tertiary alicyclic amines) is 1. The first-order chi connectivity index (χ1) is 11.5. The molecule has 25 heavy (non-hydrogen) atoms. The molecule has 3 atom stereocenters. The third-order valence-corrected chi connectivity index (χ3v) is 5.27. The summed E-state index contributed by atoms with van der Waals surface area (Å²) in [4.78, 5) is 26.9. The van der Waals surface area contributed by atoms with Crippen molar-refractivity contribution in [2.24, 2.45) is 17.6 Å². The Morgan fingerprint density at radius 3 is 2.60 bits per heavy atom. The summed E-state index contributed by atoms with van der Waals surface area (Å²) in [6.45, 7) is 6.73. The Morgan fingerprint density at radius 1 is 1.28 bits per heavy atom. The number of hydrogen-bond acceptors (Lipinski definition) is 4. The summed E-state index contributed by atoms with van der Waals surface area (Å²) in [5, 5.41) is 3.08. The first-order valence-corrected chi connectivity index (χ1v) is 9.45. The zero-order valence-corrected chi connectivity index (χ0v) is 16.4. The van der Waals surface area contributed by atoms with E-state index in [9.17, 15) is 9.59 Å². The second-order valence-electron chi connectivity index (χ2n) is 7.30. The van der Waals surface area contributed by atoms with Crippen LogP contribution in [0.2, 0.25) is 0 Å². The quantitative estimate of drug-likeness (QED) is 0.740. The van der Waals surface area contributed by atoms with E-state index in [0.29, 0.717) is 26.3 Å². The second-order valence-corrected chi connectivity index (χ2v) is 7.30. The number of hydrogen-bond donors (Lipinski definition) is 2. The van der Waals surface area contributed by atoms with Crippen LogP contribution in [0.25, 0.3) is 0 Å². The number of nitrogens with one attached hydrogen (secondary N) is 1. The normalized spacial score (nSPS) is 24.1. The van der Waals surface area contributed by atoms with Gasteiger partial charge in [-0.1, -0.05) is 13.3 Å². The molecule has 7 heteroatoms. The molecule has 2 fully saturated rings. The third kappa shape index (κ3) is 6.42. The average molecular weight is 376 g/mol. The minimum Gasteiger partial charge on any atom is -0.381 e. The molecular weight excluding hydrogens is 342 g/mol. The molecule has 0 bridgehead atoms. The molecule has 0 aromatic rings. The molecule has 3 N–H and O–H groups in total. The molecule has 146 valence electrons. The van der Waals surface area contributed by atoms with E-state index in [1.54, 1.807) is 4.90 Å². The summed E-state index contributed by atoms with van der Waals surface area (Å²) in [7, 11) is 0. The van der Waals surface area contributed by atoms with Crippen LogP contribution < -0.4 is 11.1 Å². The molecule has 0 aliphatic carbocycles. The van der Waals surface area contributed by atoms with Crippen molar-refractivity contribution in [2.75, 3.05) is 26.3 Å². The minimum absolute atomic E-state index is 0. The monoisotopic (exact) mass is 375 g/mol. The largest absolute Gasteiger partial charge is 0.381 e. The van der Waals surface area contributed by atoms with Gasteiger partial charge in [-0.15, -0.1) is 12.4 Å². The van der Waals surface area contributed by atoms with Crippen LogP contribution in [0.3, 0.4) is 0 Å². The summed E-state index contributed by atoms with van der Waals surface area (Å²) in [5.74, 6) is 0.169. The van der Waals surface area contributed by atoms with Crippen LogP contribution in [-0.4, -0.2) is 55.1 Å². The minimum atomic E-state index is -0.463. The zero-order valence-electron chi connectivity index (χ0n) is 15.5. The van der Waals surface area contributed by atoms with Gasteiger partial charge in [-0.3, -0.25) is 9.59 Å². The number of rotatable bonds is 6. The van der Waals surface area contributed by atoms with Crippen molar-refractivity contribution in [1.29, 1.82) is 0 Å². The molecule has 2 aliphatic heterocycles. The molecule has 2 aliphatic rings.